The molecule has 0 heterocycles. The minimum atomic E-state index is -1.44. The average molecular weight is 333 g/mol. The SMILES string of the molecule is CCCCCCCCCC(=O)OCCOCCO[Si](C)(C)C. The van der Waals surface area contributed by atoms with Crippen molar-refractivity contribution in [1.29, 1.82) is 0 Å². The van der Waals surface area contributed by atoms with Crippen LogP contribution in [0.3, 0.4) is 0 Å². The second-order valence-electron chi connectivity index (χ2n) is 6.66. The molecule has 0 rings (SSSR count). The minimum Gasteiger partial charge on any atom is -0.463 e. The Balaban J connectivity index is 3.23. The Morgan fingerprint density at radius 2 is 1.41 bits per heavy atom. The van der Waals surface area contributed by atoms with Crippen LogP contribution in [-0.4, -0.2) is 40.7 Å². The summed E-state index contributed by atoms with van der Waals surface area (Å²) < 4.78 is 16.2. The molecule has 0 unspecified atom stereocenters. The maximum Gasteiger partial charge on any atom is 0.305 e. The first-order chi connectivity index (χ1) is 10.5. The summed E-state index contributed by atoms with van der Waals surface area (Å²) in [5.74, 6) is -0.101. The van der Waals surface area contributed by atoms with Crippen LogP contribution in [0.5, 0.6) is 0 Å². The zero-order chi connectivity index (χ0) is 16.7. The van der Waals surface area contributed by atoms with Crippen molar-refractivity contribution in [3.8, 4) is 0 Å². The van der Waals surface area contributed by atoms with Gasteiger partial charge in [0, 0.05) is 6.42 Å². The van der Waals surface area contributed by atoms with E-state index in [9.17, 15) is 4.79 Å². The topological polar surface area (TPSA) is 44.8 Å². The lowest BCUT2D eigenvalue weighted by atomic mass is 10.1. The van der Waals surface area contributed by atoms with Gasteiger partial charge in [0.15, 0.2) is 8.32 Å². The van der Waals surface area contributed by atoms with Crippen molar-refractivity contribution in [2.45, 2.75) is 77.9 Å². The highest BCUT2D eigenvalue weighted by Gasteiger charge is 2.13. The average Bonchev–Trinajstić information content (AvgIpc) is 2.44. The molecule has 0 aliphatic heterocycles. The Hall–Kier alpha value is -0.393. The number of carbonyl (C=O) groups excluding carboxylic acids is 1. The first-order valence-electron chi connectivity index (χ1n) is 8.83. The number of carbonyl (C=O) groups is 1. The maximum absolute atomic E-state index is 11.5. The predicted molar refractivity (Wildman–Crippen MR) is 93.7 cm³/mol. The molecule has 0 aliphatic carbocycles. The lowest BCUT2D eigenvalue weighted by Crippen LogP contribution is -2.27. The van der Waals surface area contributed by atoms with E-state index in [4.69, 9.17) is 13.9 Å². The van der Waals surface area contributed by atoms with Gasteiger partial charge in [-0.05, 0) is 26.1 Å². The van der Waals surface area contributed by atoms with Crippen LogP contribution in [0.25, 0.3) is 0 Å². The Labute approximate surface area is 138 Å². The molecule has 0 aromatic heterocycles. The van der Waals surface area contributed by atoms with Gasteiger partial charge in [-0.2, -0.15) is 0 Å². The lowest BCUT2D eigenvalue weighted by molar-refractivity contribution is -0.145. The third-order valence-electron chi connectivity index (χ3n) is 3.24. The fraction of sp³-hybridized carbons (Fsp3) is 0.941. The van der Waals surface area contributed by atoms with Crippen molar-refractivity contribution >= 4 is 14.3 Å². The van der Waals surface area contributed by atoms with E-state index in [1.807, 2.05) is 0 Å². The number of hydrogen-bond acceptors (Lipinski definition) is 4. The zero-order valence-electron chi connectivity index (χ0n) is 15.1. The van der Waals surface area contributed by atoms with E-state index in [1.165, 1.54) is 32.1 Å². The van der Waals surface area contributed by atoms with Crippen LogP contribution in [0.1, 0.15) is 58.3 Å². The summed E-state index contributed by atoms with van der Waals surface area (Å²) in [6.45, 7) is 10.7. The van der Waals surface area contributed by atoms with Crippen LogP contribution < -0.4 is 0 Å². The Morgan fingerprint density at radius 1 is 0.818 bits per heavy atom. The molecule has 0 fully saturated rings. The quantitative estimate of drug-likeness (QED) is 0.251. The van der Waals surface area contributed by atoms with Gasteiger partial charge in [0.2, 0.25) is 0 Å². The summed E-state index contributed by atoms with van der Waals surface area (Å²) in [5.41, 5.74) is 0. The van der Waals surface area contributed by atoms with Crippen LogP contribution >= 0.6 is 0 Å². The van der Waals surface area contributed by atoms with Gasteiger partial charge >= 0.3 is 5.97 Å². The molecule has 0 bridgehead atoms. The third kappa shape index (κ3) is 17.7. The van der Waals surface area contributed by atoms with E-state index in [0.717, 1.165) is 12.8 Å². The van der Waals surface area contributed by atoms with Gasteiger partial charge < -0.3 is 13.9 Å². The molecule has 0 saturated heterocycles. The van der Waals surface area contributed by atoms with E-state index in [2.05, 4.69) is 26.6 Å². The Morgan fingerprint density at radius 3 is 2.05 bits per heavy atom. The third-order valence-corrected chi connectivity index (χ3v) is 4.31. The van der Waals surface area contributed by atoms with E-state index >= 15 is 0 Å². The molecule has 0 radical (unpaired) electrons. The van der Waals surface area contributed by atoms with Crippen molar-refractivity contribution < 1.29 is 18.7 Å². The highest BCUT2D eigenvalue weighted by atomic mass is 28.4. The first kappa shape index (κ1) is 21.6. The van der Waals surface area contributed by atoms with E-state index < -0.39 is 8.32 Å². The van der Waals surface area contributed by atoms with Crippen LogP contribution in [0.2, 0.25) is 19.6 Å². The van der Waals surface area contributed by atoms with Crippen molar-refractivity contribution in [1.82, 2.24) is 0 Å². The van der Waals surface area contributed by atoms with Gasteiger partial charge in [-0.25, -0.2) is 0 Å². The normalized spacial score (nSPS) is 11.6. The van der Waals surface area contributed by atoms with Crippen molar-refractivity contribution in [2.24, 2.45) is 0 Å². The molecule has 0 saturated carbocycles. The Kier molecular flexibility index (Phi) is 14.0. The summed E-state index contributed by atoms with van der Waals surface area (Å²) in [7, 11) is -1.44. The monoisotopic (exact) mass is 332 g/mol. The van der Waals surface area contributed by atoms with Gasteiger partial charge in [-0.1, -0.05) is 45.4 Å². The number of ether oxygens (including phenoxy) is 2. The van der Waals surface area contributed by atoms with Gasteiger partial charge in [-0.15, -0.1) is 0 Å². The highest BCUT2D eigenvalue weighted by molar-refractivity contribution is 6.69. The van der Waals surface area contributed by atoms with Gasteiger partial charge in [-0.3, -0.25) is 4.79 Å². The van der Waals surface area contributed by atoms with Crippen molar-refractivity contribution in [3.05, 3.63) is 0 Å². The molecule has 132 valence electrons. The molecule has 0 aliphatic rings. The molecule has 0 aromatic carbocycles. The molecular weight excluding hydrogens is 296 g/mol. The predicted octanol–water partition coefficient (Wildman–Crippen LogP) is 4.54. The molecular formula is C17H36O4Si. The van der Waals surface area contributed by atoms with Gasteiger partial charge in [0.05, 0.1) is 19.8 Å². The van der Waals surface area contributed by atoms with E-state index in [-0.39, 0.29) is 5.97 Å². The standard InChI is InChI=1S/C17H36O4Si/c1-5-6-7-8-9-10-11-12-17(18)20-15-13-19-14-16-21-22(2,3)4/h5-16H2,1-4H3. The Bertz CT molecular complexity index is 264. The molecule has 0 amide bonds. The molecule has 0 spiro atoms. The summed E-state index contributed by atoms with van der Waals surface area (Å²) in [6.07, 6.45) is 9.04. The van der Waals surface area contributed by atoms with E-state index in [1.54, 1.807) is 0 Å². The van der Waals surface area contributed by atoms with Gasteiger partial charge in [0.25, 0.3) is 0 Å². The highest BCUT2D eigenvalue weighted by Crippen LogP contribution is 2.08. The lowest BCUT2D eigenvalue weighted by Gasteiger charge is -2.16. The van der Waals surface area contributed by atoms with Crippen LogP contribution in [0.4, 0.5) is 0 Å². The number of esters is 1. The largest absolute Gasteiger partial charge is 0.463 e. The first-order valence-corrected chi connectivity index (χ1v) is 12.2. The minimum absolute atomic E-state index is 0.101. The number of rotatable bonds is 15. The van der Waals surface area contributed by atoms with Crippen molar-refractivity contribution in [2.75, 3.05) is 26.4 Å². The van der Waals surface area contributed by atoms with Crippen molar-refractivity contribution in [3.63, 3.8) is 0 Å². The molecule has 4 nitrogen and oxygen atoms in total. The number of hydrogen-bond donors (Lipinski definition) is 0. The number of unbranched alkanes of at least 4 members (excludes halogenated alkanes) is 6. The maximum atomic E-state index is 11.5. The van der Waals surface area contributed by atoms with Crippen LogP contribution in [0, 0.1) is 0 Å². The molecule has 5 heteroatoms. The van der Waals surface area contributed by atoms with E-state index in [0.29, 0.717) is 32.8 Å². The van der Waals surface area contributed by atoms with Crippen LogP contribution in [0.15, 0.2) is 0 Å². The fourth-order valence-corrected chi connectivity index (χ4v) is 2.72. The summed E-state index contributed by atoms with van der Waals surface area (Å²) in [4.78, 5) is 11.5. The zero-order valence-corrected chi connectivity index (χ0v) is 16.1. The summed E-state index contributed by atoms with van der Waals surface area (Å²) >= 11 is 0. The molecule has 22 heavy (non-hydrogen) atoms. The smallest absolute Gasteiger partial charge is 0.305 e. The van der Waals surface area contributed by atoms with Crippen LogP contribution in [-0.2, 0) is 18.7 Å². The second-order valence-corrected chi connectivity index (χ2v) is 11.2. The molecule has 0 atom stereocenters. The summed E-state index contributed by atoms with van der Waals surface area (Å²) in [6, 6.07) is 0. The molecule has 0 N–H and O–H groups in total. The summed E-state index contributed by atoms with van der Waals surface area (Å²) in [5, 5.41) is 0. The van der Waals surface area contributed by atoms with Gasteiger partial charge in [0.1, 0.15) is 6.61 Å². The second kappa shape index (κ2) is 14.2. The fourth-order valence-electron chi connectivity index (χ4n) is 2.02. The molecule has 0 aromatic rings.